The number of carbonyl (C=O) groups is 3. The number of rotatable bonds is 9. The summed E-state index contributed by atoms with van der Waals surface area (Å²) in [5, 5.41) is 10.1. The lowest BCUT2D eigenvalue weighted by Crippen LogP contribution is -2.62. The number of amides is 3. The van der Waals surface area contributed by atoms with Crippen molar-refractivity contribution in [1.82, 2.24) is 25.3 Å². The molecule has 1 aromatic heterocycles. The Morgan fingerprint density at radius 2 is 1.91 bits per heavy atom. The normalized spacial score (nSPS) is 17.4. The summed E-state index contributed by atoms with van der Waals surface area (Å²) in [6.07, 6.45) is 0.843. The first kappa shape index (κ1) is 25.1. The van der Waals surface area contributed by atoms with Crippen LogP contribution >= 0.6 is 0 Å². The van der Waals surface area contributed by atoms with Gasteiger partial charge in [0.05, 0.1) is 20.8 Å². The van der Waals surface area contributed by atoms with E-state index < -0.39 is 11.4 Å². The summed E-state index contributed by atoms with van der Waals surface area (Å²) in [7, 11) is 4.70. The van der Waals surface area contributed by atoms with Gasteiger partial charge in [0.1, 0.15) is 22.7 Å². The molecule has 0 bridgehead atoms. The zero-order valence-corrected chi connectivity index (χ0v) is 20.6. The van der Waals surface area contributed by atoms with Crippen molar-refractivity contribution in [3.63, 3.8) is 0 Å². The van der Waals surface area contributed by atoms with Gasteiger partial charge >= 0.3 is 0 Å². The van der Waals surface area contributed by atoms with Crippen LogP contribution in [0.1, 0.15) is 53.7 Å². The summed E-state index contributed by atoms with van der Waals surface area (Å²) in [4.78, 5) is 40.1. The monoisotopic (exact) mass is 471 g/mol. The van der Waals surface area contributed by atoms with Gasteiger partial charge in [-0.2, -0.15) is 5.10 Å². The topological polar surface area (TPSA) is 115 Å². The van der Waals surface area contributed by atoms with Gasteiger partial charge in [-0.25, -0.2) is 0 Å². The van der Waals surface area contributed by atoms with Crippen molar-refractivity contribution in [3.05, 3.63) is 41.2 Å². The van der Waals surface area contributed by atoms with E-state index in [1.807, 2.05) is 0 Å². The van der Waals surface area contributed by atoms with Crippen molar-refractivity contribution in [2.24, 2.45) is 5.92 Å². The third kappa shape index (κ3) is 5.00. The van der Waals surface area contributed by atoms with Crippen molar-refractivity contribution in [2.75, 3.05) is 27.8 Å². The van der Waals surface area contributed by atoms with E-state index >= 15 is 0 Å². The number of fused-ring (bicyclic) bond motifs is 1. The molecule has 0 fully saturated rings. The fraction of sp³-hybridized carbons (Fsp3) is 0.500. The highest BCUT2D eigenvalue weighted by Gasteiger charge is 2.46. The number of likely N-dealkylation sites (N-methyl/N-ethyl adjacent to an activating group) is 1. The molecular weight excluding hydrogens is 438 g/mol. The summed E-state index contributed by atoms with van der Waals surface area (Å²) in [6, 6.07) is 6.77. The van der Waals surface area contributed by atoms with Crippen LogP contribution in [0.15, 0.2) is 24.3 Å². The average Bonchev–Trinajstić information content (AvgIpc) is 3.24. The van der Waals surface area contributed by atoms with Crippen LogP contribution in [-0.4, -0.2) is 65.8 Å². The standard InChI is InChI=1S/C24H33N5O5/c1-15(2)9-10-25-23(32)24(3)14-29-19(22(31)28(24)4)12-18(27-29)21(30)26-13-16-7-8-17(33-5)11-20(16)34-6/h7-8,11-12,15H,9-10,13-14H2,1-6H3,(H,25,32)(H,26,30)/t24-/m0/s1. The average molecular weight is 472 g/mol. The van der Waals surface area contributed by atoms with E-state index in [1.165, 1.54) is 15.6 Å². The summed E-state index contributed by atoms with van der Waals surface area (Å²) in [5.41, 5.74) is 0.0231. The maximum atomic E-state index is 13.0. The smallest absolute Gasteiger partial charge is 0.272 e. The highest BCUT2D eigenvalue weighted by molar-refractivity contribution is 6.01. The number of hydrogen-bond donors (Lipinski definition) is 2. The van der Waals surface area contributed by atoms with Gasteiger partial charge in [0, 0.05) is 37.8 Å². The Morgan fingerprint density at radius 1 is 1.18 bits per heavy atom. The van der Waals surface area contributed by atoms with E-state index in [-0.39, 0.29) is 36.3 Å². The molecule has 0 spiro atoms. The van der Waals surface area contributed by atoms with Crippen LogP contribution in [0, 0.1) is 5.92 Å². The Balaban J connectivity index is 1.73. The molecule has 184 valence electrons. The van der Waals surface area contributed by atoms with Crippen molar-refractivity contribution >= 4 is 17.7 Å². The van der Waals surface area contributed by atoms with Crippen molar-refractivity contribution in [3.8, 4) is 11.5 Å². The van der Waals surface area contributed by atoms with Crippen LogP contribution in [0.5, 0.6) is 11.5 Å². The van der Waals surface area contributed by atoms with Crippen molar-refractivity contribution in [1.29, 1.82) is 0 Å². The third-order valence-corrected chi connectivity index (χ3v) is 6.16. The van der Waals surface area contributed by atoms with Crippen LogP contribution < -0.4 is 20.1 Å². The second-order valence-corrected chi connectivity index (χ2v) is 9.01. The maximum absolute atomic E-state index is 13.0. The molecule has 1 aliphatic heterocycles. The van der Waals surface area contributed by atoms with Gasteiger partial charge in [-0.3, -0.25) is 19.1 Å². The predicted molar refractivity (Wildman–Crippen MR) is 126 cm³/mol. The van der Waals surface area contributed by atoms with E-state index in [0.29, 0.717) is 24.0 Å². The Labute approximate surface area is 199 Å². The number of ether oxygens (including phenoxy) is 2. The first-order valence-corrected chi connectivity index (χ1v) is 11.2. The van der Waals surface area contributed by atoms with Gasteiger partial charge in [0.15, 0.2) is 5.69 Å². The molecule has 1 atom stereocenters. The highest BCUT2D eigenvalue weighted by Crippen LogP contribution is 2.27. The lowest BCUT2D eigenvalue weighted by molar-refractivity contribution is -0.132. The summed E-state index contributed by atoms with van der Waals surface area (Å²) in [6.45, 7) is 6.75. The Bertz CT molecular complexity index is 1080. The Kier molecular flexibility index (Phi) is 7.48. The molecule has 2 N–H and O–H groups in total. The van der Waals surface area contributed by atoms with Gasteiger partial charge in [-0.1, -0.05) is 13.8 Å². The second kappa shape index (κ2) is 10.1. The van der Waals surface area contributed by atoms with Gasteiger partial charge in [0.25, 0.3) is 11.8 Å². The first-order chi connectivity index (χ1) is 16.1. The van der Waals surface area contributed by atoms with Crippen LogP contribution in [0.4, 0.5) is 0 Å². The number of carbonyl (C=O) groups excluding carboxylic acids is 3. The van der Waals surface area contributed by atoms with Crippen LogP contribution in [0.3, 0.4) is 0 Å². The van der Waals surface area contributed by atoms with E-state index in [2.05, 4.69) is 29.6 Å². The quantitative estimate of drug-likeness (QED) is 0.577. The summed E-state index contributed by atoms with van der Waals surface area (Å²) in [5.74, 6) is 0.639. The molecule has 3 amide bonds. The molecule has 34 heavy (non-hydrogen) atoms. The molecule has 0 unspecified atom stereocenters. The van der Waals surface area contributed by atoms with Gasteiger partial charge in [0.2, 0.25) is 5.91 Å². The molecule has 0 aliphatic carbocycles. The molecule has 2 heterocycles. The molecule has 3 rings (SSSR count). The summed E-state index contributed by atoms with van der Waals surface area (Å²) >= 11 is 0. The predicted octanol–water partition coefficient (Wildman–Crippen LogP) is 1.84. The van der Waals surface area contributed by atoms with Crippen LogP contribution in [0.2, 0.25) is 0 Å². The van der Waals surface area contributed by atoms with Crippen molar-refractivity contribution < 1.29 is 23.9 Å². The fourth-order valence-corrected chi connectivity index (χ4v) is 3.77. The fourth-order valence-electron chi connectivity index (χ4n) is 3.77. The molecule has 1 aromatic carbocycles. The third-order valence-electron chi connectivity index (χ3n) is 6.16. The number of methoxy groups -OCH3 is 2. The molecule has 2 aromatic rings. The molecule has 0 saturated carbocycles. The molecule has 0 radical (unpaired) electrons. The van der Waals surface area contributed by atoms with Crippen LogP contribution in [-0.2, 0) is 17.9 Å². The SMILES string of the molecule is COc1ccc(CNC(=O)c2cc3n(n2)C[C@@](C)(C(=O)NCCC(C)C)N(C)C3=O)c(OC)c1. The minimum atomic E-state index is -1.11. The summed E-state index contributed by atoms with van der Waals surface area (Å²) < 4.78 is 12.0. The molecule has 0 saturated heterocycles. The van der Waals surface area contributed by atoms with Gasteiger partial charge in [-0.05, 0) is 31.4 Å². The number of hydrogen-bond acceptors (Lipinski definition) is 6. The largest absolute Gasteiger partial charge is 0.497 e. The zero-order chi connectivity index (χ0) is 25.0. The highest BCUT2D eigenvalue weighted by atomic mass is 16.5. The first-order valence-electron chi connectivity index (χ1n) is 11.2. The lowest BCUT2D eigenvalue weighted by Gasteiger charge is -2.40. The van der Waals surface area contributed by atoms with E-state index in [9.17, 15) is 14.4 Å². The second-order valence-electron chi connectivity index (χ2n) is 9.01. The number of aromatic nitrogens is 2. The van der Waals surface area contributed by atoms with E-state index in [4.69, 9.17) is 9.47 Å². The Hall–Kier alpha value is -3.56. The van der Waals surface area contributed by atoms with Crippen molar-refractivity contribution in [2.45, 2.75) is 45.8 Å². The number of nitrogens with zero attached hydrogens (tertiary/aromatic N) is 3. The minimum Gasteiger partial charge on any atom is -0.497 e. The molecule has 1 aliphatic rings. The van der Waals surface area contributed by atoms with Gasteiger partial charge in [-0.15, -0.1) is 0 Å². The number of benzene rings is 1. The van der Waals surface area contributed by atoms with E-state index in [0.717, 1.165) is 12.0 Å². The molecular formula is C24H33N5O5. The minimum absolute atomic E-state index is 0.105. The van der Waals surface area contributed by atoms with Gasteiger partial charge < -0.3 is 25.0 Å². The van der Waals surface area contributed by atoms with Crippen LogP contribution in [0.25, 0.3) is 0 Å². The zero-order valence-electron chi connectivity index (χ0n) is 20.6. The molecule has 10 heteroatoms. The van der Waals surface area contributed by atoms with E-state index in [1.54, 1.807) is 46.4 Å². The lowest BCUT2D eigenvalue weighted by atomic mass is 9.95. The molecule has 10 nitrogen and oxygen atoms in total. The Morgan fingerprint density at radius 3 is 2.56 bits per heavy atom. The number of nitrogens with one attached hydrogen (secondary N) is 2. The maximum Gasteiger partial charge on any atom is 0.272 e.